The fourth-order valence-corrected chi connectivity index (χ4v) is 0.711. The van der Waals surface area contributed by atoms with E-state index < -0.39 is 10.8 Å². The molecule has 0 bridgehead atoms. The predicted molar refractivity (Wildman–Crippen MR) is 37.3 cm³/mol. The molecule has 1 N–H and O–H groups in total. The molecule has 11 heavy (non-hydrogen) atoms. The molecule has 0 amide bonds. The molecule has 0 spiro atoms. The van der Waals surface area contributed by atoms with Crippen molar-refractivity contribution in [1.82, 2.24) is 4.57 Å². The highest BCUT2D eigenvalue weighted by molar-refractivity contribution is 4.92. The lowest BCUT2D eigenvalue weighted by molar-refractivity contribution is -0.655. The Morgan fingerprint density at radius 1 is 1.55 bits per heavy atom. The maximum Gasteiger partial charge on any atom is 0.407 e. The van der Waals surface area contributed by atoms with Gasteiger partial charge in [0, 0.05) is 12.4 Å². The summed E-state index contributed by atoms with van der Waals surface area (Å²) < 4.78 is 1.12. The molecule has 1 aromatic heterocycles. The maximum absolute atomic E-state index is 10.3. The fraction of sp³-hybridized carbons (Fsp3) is 0.333. The van der Waals surface area contributed by atoms with Crippen molar-refractivity contribution in [3.63, 3.8) is 0 Å². The van der Waals surface area contributed by atoms with Crippen molar-refractivity contribution in [3.05, 3.63) is 34.6 Å². The summed E-state index contributed by atoms with van der Waals surface area (Å²) in [5.41, 5.74) is 0. The van der Waals surface area contributed by atoms with Crippen molar-refractivity contribution in [2.24, 2.45) is 0 Å². The summed E-state index contributed by atoms with van der Waals surface area (Å²) in [5.74, 6) is -2.04. The lowest BCUT2D eigenvalue weighted by atomic mass is 10.5. The molecule has 0 saturated carbocycles. The van der Waals surface area contributed by atoms with Crippen LogP contribution in [-0.4, -0.2) is 14.6 Å². The number of nitro groups is 1. The third-order valence-corrected chi connectivity index (χ3v) is 1.44. The molecular formula is C6H8N2O3. The Morgan fingerprint density at radius 2 is 2.00 bits per heavy atom. The van der Waals surface area contributed by atoms with Crippen LogP contribution in [-0.2, 0) is 5.85 Å². The van der Waals surface area contributed by atoms with Crippen LogP contribution in [0.15, 0.2) is 24.5 Å². The topological polar surface area (TPSA) is 68.3 Å². The third-order valence-electron chi connectivity index (χ3n) is 1.44. The van der Waals surface area contributed by atoms with E-state index in [1.54, 1.807) is 12.1 Å². The SMILES string of the molecule is CC(O)(n1cccc1)[N+](=O)[O-]. The summed E-state index contributed by atoms with van der Waals surface area (Å²) in [6, 6.07) is 3.22. The van der Waals surface area contributed by atoms with Gasteiger partial charge in [-0.3, -0.25) is 14.7 Å². The van der Waals surface area contributed by atoms with E-state index in [0.717, 1.165) is 11.5 Å². The average Bonchev–Trinajstić information content (AvgIpc) is 2.37. The van der Waals surface area contributed by atoms with Gasteiger partial charge in [0.15, 0.2) is 0 Å². The summed E-state index contributed by atoms with van der Waals surface area (Å²) in [4.78, 5) is 9.50. The summed E-state index contributed by atoms with van der Waals surface area (Å²) >= 11 is 0. The zero-order valence-electron chi connectivity index (χ0n) is 5.97. The number of nitrogens with zero attached hydrogens (tertiary/aromatic N) is 2. The van der Waals surface area contributed by atoms with Crippen LogP contribution in [0.5, 0.6) is 0 Å². The summed E-state index contributed by atoms with van der Waals surface area (Å²) in [6.07, 6.45) is 2.87. The van der Waals surface area contributed by atoms with Gasteiger partial charge in [-0.2, -0.15) is 0 Å². The molecule has 1 unspecified atom stereocenters. The van der Waals surface area contributed by atoms with Crippen molar-refractivity contribution in [2.45, 2.75) is 12.8 Å². The van der Waals surface area contributed by atoms with Crippen molar-refractivity contribution < 1.29 is 10.0 Å². The molecule has 5 nitrogen and oxygen atoms in total. The van der Waals surface area contributed by atoms with E-state index in [-0.39, 0.29) is 0 Å². The number of hydrogen-bond donors (Lipinski definition) is 1. The lowest BCUT2D eigenvalue weighted by Crippen LogP contribution is -2.37. The largest absolute Gasteiger partial charge is 0.407 e. The first kappa shape index (κ1) is 7.74. The molecule has 1 atom stereocenters. The molecule has 1 aromatic rings. The monoisotopic (exact) mass is 156 g/mol. The van der Waals surface area contributed by atoms with Crippen LogP contribution in [0.3, 0.4) is 0 Å². The average molecular weight is 156 g/mol. The van der Waals surface area contributed by atoms with Gasteiger partial charge in [-0.25, -0.2) is 0 Å². The number of rotatable bonds is 2. The van der Waals surface area contributed by atoms with Crippen molar-refractivity contribution in [2.75, 3.05) is 0 Å². The normalized spacial score (nSPS) is 15.8. The van der Waals surface area contributed by atoms with Crippen LogP contribution in [0.4, 0.5) is 0 Å². The molecule has 0 radical (unpaired) electrons. The molecule has 0 aliphatic carbocycles. The third kappa shape index (κ3) is 1.22. The molecule has 5 heteroatoms. The quantitative estimate of drug-likeness (QED) is 0.382. The molecule has 0 aromatic carbocycles. The predicted octanol–water partition coefficient (Wildman–Crippen LogP) is 0.387. The van der Waals surface area contributed by atoms with Crippen LogP contribution >= 0.6 is 0 Å². The van der Waals surface area contributed by atoms with Crippen LogP contribution in [0.2, 0.25) is 0 Å². The van der Waals surface area contributed by atoms with Crippen LogP contribution in [0.25, 0.3) is 0 Å². The molecule has 1 rings (SSSR count). The molecule has 60 valence electrons. The van der Waals surface area contributed by atoms with Gasteiger partial charge >= 0.3 is 5.85 Å². The van der Waals surface area contributed by atoms with Gasteiger partial charge in [0.1, 0.15) is 0 Å². The smallest absolute Gasteiger partial charge is 0.312 e. The zero-order valence-corrected chi connectivity index (χ0v) is 5.97. The molecule has 0 aliphatic heterocycles. The highest BCUT2D eigenvalue weighted by Crippen LogP contribution is 2.11. The summed E-state index contributed by atoms with van der Waals surface area (Å²) in [7, 11) is 0. The fourth-order valence-electron chi connectivity index (χ4n) is 0.711. The van der Waals surface area contributed by atoms with Crippen molar-refractivity contribution in [3.8, 4) is 0 Å². The maximum atomic E-state index is 10.3. The van der Waals surface area contributed by atoms with E-state index in [9.17, 15) is 15.2 Å². The second-order valence-electron chi connectivity index (χ2n) is 2.32. The van der Waals surface area contributed by atoms with Crippen LogP contribution < -0.4 is 0 Å². The summed E-state index contributed by atoms with van der Waals surface area (Å²) in [5, 5.41) is 19.5. The number of aliphatic hydroxyl groups is 1. The second-order valence-corrected chi connectivity index (χ2v) is 2.32. The van der Waals surface area contributed by atoms with E-state index in [1.165, 1.54) is 12.4 Å². The van der Waals surface area contributed by atoms with E-state index in [1.807, 2.05) is 0 Å². The first-order valence-corrected chi connectivity index (χ1v) is 3.05. The van der Waals surface area contributed by atoms with Gasteiger partial charge in [0.25, 0.3) is 0 Å². The molecule has 0 fully saturated rings. The number of hydrogen-bond acceptors (Lipinski definition) is 3. The van der Waals surface area contributed by atoms with Crippen LogP contribution in [0.1, 0.15) is 6.92 Å². The minimum atomic E-state index is -2.04. The highest BCUT2D eigenvalue weighted by Gasteiger charge is 2.34. The van der Waals surface area contributed by atoms with E-state index in [2.05, 4.69) is 0 Å². The number of aromatic nitrogens is 1. The van der Waals surface area contributed by atoms with E-state index in [4.69, 9.17) is 0 Å². The first-order chi connectivity index (χ1) is 5.05. The molecule has 0 saturated heterocycles. The van der Waals surface area contributed by atoms with Gasteiger partial charge in [-0.05, 0) is 12.1 Å². The van der Waals surface area contributed by atoms with E-state index >= 15 is 0 Å². The Bertz CT molecular complexity index is 253. The Balaban J connectivity index is 3.00. The lowest BCUT2D eigenvalue weighted by Gasteiger charge is -2.14. The van der Waals surface area contributed by atoms with E-state index in [0.29, 0.717) is 0 Å². The van der Waals surface area contributed by atoms with Crippen molar-refractivity contribution in [1.29, 1.82) is 0 Å². The highest BCUT2D eigenvalue weighted by atomic mass is 16.7. The van der Waals surface area contributed by atoms with Gasteiger partial charge in [0.05, 0.1) is 11.8 Å². The van der Waals surface area contributed by atoms with Crippen molar-refractivity contribution >= 4 is 0 Å². The summed E-state index contributed by atoms with van der Waals surface area (Å²) in [6.45, 7) is 1.12. The molecule has 1 heterocycles. The Morgan fingerprint density at radius 3 is 2.36 bits per heavy atom. The van der Waals surface area contributed by atoms with Gasteiger partial charge in [0.2, 0.25) is 0 Å². The molecular weight excluding hydrogens is 148 g/mol. The first-order valence-electron chi connectivity index (χ1n) is 3.05. The van der Waals surface area contributed by atoms with Gasteiger partial charge < -0.3 is 5.11 Å². The standard InChI is InChI=1S/C6H8N2O3/c1-6(9,8(10)11)7-4-2-3-5-7/h2-5,9H,1H3. The van der Waals surface area contributed by atoms with Gasteiger partial charge in [-0.1, -0.05) is 0 Å². The zero-order chi connectivity index (χ0) is 8.48. The minimum Gasteiger partial charge on any atom is -0.312 e. The Kier molecular flexibility index (Phi) is 1.66. The Hall–Kier alpha value is -1.36. The Labute approximate surface area is 63.0 Å². The van der Waals surface area contributed by atoms with Crippen LogP contribution in [0, 0.1) is 10.1 Å². The molecule has 0 aliphatic rings. The minimum absolute atomic E-state index is 0.757. The second kappa shape index (κ2) is 2.35. The van der Waals surface area contributed by atoms with Gasteiger partial charge in [-0.15, -0.1) is 0 Å².